The Morgan fingerprint density at radius 3 is 2.49 bits per heavy atom. The van der Waals surface area contributed by atoms with E-state index >= 15 is 0 Å². The number of carbonyl (C=O) groups excluding carboxylic acids is 2. The van der Waals surface area contributed by atoms with E-state index in [4.69, 9.17) is 26.8 Å². The molecule has 2 aromatic carbocycles. The van der Waals surface area contributed by atoms with E-state index in [1.807, 2.05) is 48.5 Å². The highest BCUT2D eigenvalue weighted by Crippen LogP contribution is 2.30. The number of ether oxygens (including phenoxy) is 1. The predicted octanol–water partition coefficient (Wildman–Crippen LogP) is 3.84. The first kappa shape index (κ1) is 31.7. The van der Waals surface area contributed by atoms with Gasteiger partial charge in [0.1, 0.15) is 18.1 Å². The number of hydrogen-bond acceptors (Lipinski definition) is 11. The van der Waals surface area contributed by atoms with Crippen molar-refractivity contribution in [1.82, 2.24) is 40.9 Å². The average molecular weight is 613 g/mol. The zero-order valence-corrected chi connectivity index (χ0v) is 24.3. The number of tetrazole rings is 1. The van der Waals surface area contributed by atoms with Crippen molar-refractivity contribution in [1.29, 1.82) is 0 Å². The topological polar surface area (TPSA) is 181 Å². The third-order valence-electron chi connectivity index (χ3n) is 6.51. The summed E-state index contributed by atoms with van der Waals surface area (Å²) in [6, 6.07) is 15.7. The van der Waals surface area contributed by atoms with E-state index in [9.17, 15) is 9.59 Å². The van der Waals surface area contributed by atoms with Gasteiger partial charge in [0.2, 0.25) is 0 Å². The lowest BCUT2D eigenvalue weighted by Gasteiger charge is -2.13. The molecule has 0 aliphatic rings. The largest absolute Gasteiger partial charge is 0.464 e. The second-order valence-corrected chi connectivity index (χ2v) is 9.90. The monoisotopic (exact) mass is 612 g/mol. The number of halogens is 1. The molecule has 43 heavy (non-hydrogen) atoms. The van der Waals surface area contributed by atoms with Crippen LogP contribution in [0.2, 0.25) is 5.15 Å². The van der Waals surface area contributed by atoms with Gasteiger partial charge in [0.25, 0.3) is 5.91 Å². The molecule has 0 spiro atoms. The normalized spacial score (nSPS) is 11.2. The van der Waals surface area contributed by atoms with Crippen LogP contribution in [-0.4, -0.2) is 77.6 Å². The first-order valence-electron chi connectivity index (χ1n) is 13.8. The third kappa shape index (κ3) is 8.89. The molecular formula is C28H33ClN8O6. The lowest BCUT2D eigenvalue weighted by molar-refractivity contribution is -0.492. The van der Waals surface area contributed by atoms with E-state index in [0.29, 0.717) is 37.5 Å². The number of nitrogens with one attached hydrogen (secondary N) is 2. The van der Waals surface area contributed by atoms with Crippen LogP contribution in [0.3, 0.4) is 0 Å². The van der Waals surface area contributed by atoms with Crippen LogP contribution in [0.1, 0.15) is 54.5 Å². The Morgan fingerprint density at radius 2 is 1.79 bits per heavy atom. The molecule has 0 atom stereocenters. The van der Waals surface area contributed by atoms with Crippen molar-refractivity contribution < 1.29 is 29.6 Å². The Balaban J connectivity index is 1.44. The zero-order chi connectivity index (χ0) is 30.6. The van der Waals surface area contributed by atoms with Crippen LogP contribution in [0, 0.1) is 0 Å². The molecule has 0 fully saturated rings. The van der Waals surface area contributed by atoms with Crippen LogP contribution in [0.4, 0.5) is 0 Å². The summed E-state index contributed by atoms with van der Waals surface area (Å²) in [5, 5.41) is 33.4. The fourth-order valence-electron chi connectivity index (χ4n) is 4.39. The van der Waals surface area contributed by atoms with E-state index in [0.717, 1.165) is 35.1 Å². The Hall–Kier alpha value is -4.21. The summed E-state index contributed by atoms with van der Waals surface area (Å²) in [7, 11) is 0. The number of carbonyl (C=O) groups is 2. The molecule has 2 heterocycles. The number of imidazole rings is 1. The van der Waals surface area contributed by atoms with Gasteiger partial charge in [0.15, 0.2) is 11.0 Å². The van der Waals surface area contributed by atoms with Gasteiger partial charge in [-0.15, -0.1) is 5.10 Å². The highest BCUT2D eigenvalue weighted by atomic mass is 35.5. The third-order valence-corrected chi connectivity index (χ3v) is 6.77. The maximum atomic E-state index is 13.2. The van der Waals surface area contributed by atoms with Gasteiger partial charge in [-0.05, 0) is 46.4 Å². The molecule has 14 nitrogen and oxygen atoms in total. The molecule has 0 aliphatic carbocycles. The van der Waals surface area contributed by atoms with Crippen molar-refractivity contribution in [2.45, 2.75) is 45.6 Å². The van der Waals surface area contributed by atoms with Crippen LogP contribution in [0.15, 0.2) is 48.5 Å². The summed E-state index contributed by atoms with van der Waals surface area (Å²) < 4.78 is 6.90. The molecular weight excluding hydrogens is 580 g/mol. The molecule has 0 bridgehead atoms. The van der Waals surface area contributed by atoms with Gasteiger partial charge in [-0.1, -0.05) is 73.5 Å². The van der Waals surface area contributed by atoms with E-state index in [1.54, 1.807) is 4.57 Å². The average Bonchev–Trinajstić information content (AvgIpc) is 3.65. The Morgan fingerprint density at radius 1 is 1.05 bits per heavy atom. The number of aromatic amines is 1. The second-order valence-electron chi connectivity index (χ2n) is 9.55. The Kier molecular flexibility index (Phi) is 11.7. The number of hydrogen-bond donors (Lipinski definition) is 4. The number of amides is 1. The molecule has 0 aliphatic heterocycles. The van der Waals surface area contributed by atoms with E-state index in [-0.39, 0.29) is 36.0 Å². The van der Waals surface area contributed by atoms with Gasteiger partial charge in [-0.25, -0.2) is 10.1 Å². The van der Waals surface area contributed by atoms with Crippen LogP contribution in [0.5, 0.6) is 0 Å². The predicted molar refractivity (Wildman–Crippen MR) is 154 cm³/mol. The molecule has 0 unspecified atom stereocenters. The maximum absolute atomic E-state index is 13.2. The smallest absolute Gasteiger partial charge is 0.325 e. The van der Waals surface area contributed by atoms with Crippen LogP contribution in [-0.2, 0) is 27.3 Å². The van der Waals surface area contributed by atoms with Gasteiger partial charge >= 0.3 is 5.97 Å². The molecule has 0 saturated heterocycles. The van der Waals surface area contributed by atoms with E-state index in [2.05, 4.69) is 42.7 Å². The SMILES string of the molecule is CCCCc1nc(Cl)c(C(=O)NCC(=O)OCCCCON(O)O)n1Cc1ccc(-c2ccccc2-c2nnn[nH]2)cc1. The number of benzene rings is 2. The summed E-state index contributed by atoms with van der Waals surface area (Å²) in [4.78, 5) is 34.2. The van der Waals surface area contributed by atoms with E-state index in [1.165, 1.54) is 0 Å². The number of nitrogens with zero attached hydrogens (tertiary/aromatic N) is 6. The first-order chi connectivity index (χ1) is 20.9. The minimum absolute atomic E-state index is 0.0422. The standard InChI is InChI=1S/C28H33ClN8O6/c1-2-3-10-23-31-26(29)25(28(39)30-17-24(38)42-15-6-7-16-43-37(40)41)36(23)18-19-11-13-20(14-12-19)21-8-4-5-9-22(21)27-32-34-35-33-27/h4-5,8-9,11-14,40-41H,2-3,6-7,10,15-18H2,1H3,(H,30,39)(H,32,33,34,35). The van der Waals surface area contributed by atoms with Gasteiger partial charge in [0.05, 0.1) is 18.6 Å². The van der Waals surface area contributed by atoms with Crippen molar-refractivity contribution in [2.75, 3.05) is 19.8 Å². The number of aromatic nitrogens is 6. The van der Waals surface area contributed by atoms with Gasteiger partial charge in [-0.2, -0.15) is 0 Å². The molecule has 4 rings (SSSR count). The highest BCUT2D eigenvalue weighted by Gasteiger charge is 2.23. The molecule has 228 valence electrons. The highest BCUT2D eigenvalue weighted by molar-refractivity contribution is 6.32. The summed E-state index contributed by atoms with van der Waals surface area (Å²) in [6.07, 6.45) is 3.31. The van der Waals surface area contributed by atoms with Crippen molar-refractivity contribution >= 4 is 23.5 Å². The lowest BCUT2D eigenvalue weighted by atomic mass is 9.98. The number of aryl methyl sites for hydroxylation is 1. The molecule has 2 aromatic heterocycles. The summed E-state index contributed by atoms with van der Waals surface area (Å²) in [6.45, 7) is 2.20. The van der Waals surface area contributed by atoms with Gasteiger partial charge in [-0.3, -0.25) is 24.8 Å². The Labute approximate surface area is 252 Å². The lowest BCUT2D eigenvalue weighted by Crippen LogP contribution is -2.32. The van der Waals surface area contributed by atoms with Crippen molar-refractivity contribution in [3.05, 3.63) is 70.8 Å². The summed E-state index contributed by atoms with van der Waals surface area (Å²) >= 11 is 6.45. The number of esters is 1. The summed E-state index contributed by atoms with van der Waals surface area (Å²) in [5.74, 6) is 0.0892. The maximum Gasteiger partial charge on any atom is 0.325 e. The fourth-order valence-corrected chi connectivity index (χ4v) is 4.68. The van der Waals surface area contributed by atoms with Gasteiger partial charge < -0.3 is 14.6 Å². The van der Waals surface area contributed by atoms with Crippen molar-refractivity contribution in [3.63, 3.8) is 0 Å². The molecule has 4 aromatic rings. The van der Waals surface area contributed by atoms with Crippen molar-refractivity contribution in [2.24, 2.45) is 0 Å². The number of H-pyrrole nitrogens is 1. The molecule has 4 N–H and O–H groups in total. The minimum Gasteiger partial charge on any atom is -0.464 e. The fraction of sp³-hybridized carbons (Fsp3) is 0.357. The molecule has 15 heteroatoms. The van der Waals surface area contributed by atoms with E-state index < -0.39 is 11.9 Å². The molecule has 0 radical (unpaired) electrons. The van der Waals surface area contributed by atoms with Crippen LogP contribution >= 0.6 is 11.6 Å². The molecule has 1 amide bonds. The van der Waals surface area contributed by atoms with Crippen LogP contribution in [0.25, 0.3) is 22.5 Å². The Bertz CT molecular complexity index is 1480. The summed E-state index contributed by atoms with van der Waals surface area (Å²) in [5.41, 5.74) is 3.90. The van der Waals surface area contributed by atoms with Crippen molar-refractivity contribution in [3.8, 4) is 22.5 Å². The first-order valence-corrected chi connectivity index (χ1v) is 14.2. The van der Waals surface area contributed by atoms with Gasteiger partial charge in [0, 0.05) is 18.5 Å². The van der Waals surface area contributed by atoms with Crippen LogP contribution < -0.4 is 5.32 Å². The number of rotatable bonds is 16. The zero-order valence-electron chi connectivity index (χ0n) is 23.6. The quantitative estimate of drug-likeness (QED) is 0.0820. The molecule has 0 saturated carbocycles. The minimum atomic E-state index is -0.620. The number of unbranched alkanes of at least 4 members (excludes halogenated alkanes) is 2. The second kappa shape index (κ2) is 15.9.